The molecule has 1 atom stereocenters. The lowest BCUT2D eigenvalue weighted by atomic mass is 10.2. The molecule has 1 aliphatic heterocycles. The Morgan fingerprint density at radius 3 is 2.93 bits per heavy atom. The van der Waals surface area contributed by atoms with Gasteiger partial charge in [-0.2, -0.15) is 0 Å². The van der Waals surface area contributed by atoms with Crippen LogP contribution >= 0.6 is 23.1 Å². The molecule has 27 heavy (non-hydrogen) atoms. The third-order valence-electron chi connectivity index (χ3n) is 4.73. The van der Waals surface area contributed by atoms with E-state index in [1.807, 2.05) is 39.9 Å². The van der Waals surface area contributed by atoms with Crippen LogP contribution in [0, 0.1) is 0 Å². The van der Waals surface area contributed by atoms with E-state index in [4.69, 9.17) is 4.74 Å². The van der Waals surface area contributed by atoms with Crippen molar-refractivity contribution in [3.05, 3.63) is 59.0 Å². The van der Waals surface area contributed by atoms with E-state index < -0.39 is 0 Å². The minimum Gasteiger partial charge on any atom is -0.497 e. The molecule has 1 fully saturated rings. The molecule has 1 aromatic carbocycles. The summed E-state index contributed by atoms with van der Waals surface area (Å²) in [6, 6.07) is 12.2. The van der Waals surface area contributed by atoms with Gasteiger partial charge in [0.05, 0.1) is 18.9 Å². The molecule has 0 N–H and O–H groups in total. The SMILES string of the molecule is COc1ccc(-n2ccnc2SCC(=O)N2CCCC2c2cccs2)cc1. The quantitative estimate of drug-likeness (QED) is 0.577. The van der Waals surface area contributed by atoms with Gasteiger partial charge in [-0.15, -0.1) is 11.3 Å². The highest BCUT2D eigenvalue weighted by Crippen LogP contribution is 2.35. The van der Waals surface area contributed by atoms with Gasteiger partial charge in [0, 0.05) is 29.5 Å². The first-order valence-electron chi connectivity index (χ1n) is 8.89. The smallest absolute Gasteiger partial charge is 0.233 e. The zero-order valence-electron chi connectivity index (χ0n) is 15.1. The summed E-state index contributed by atoms with van der Waals surface area (Å²) in [5.74, 6) is 1.40. The first kappa shape index (κ1) is 18.1. The highest BCUT2D eigenvalue weighted by atomic mass is 32.2. The van der Waals surface area contributed by atoms with E-state index in [2.05, 4.69) is 22.5 Å². The maximum atomic E-state index is 12.8. The van der Waals surface area contributed by atoms with E-state index in [1.54, 1.807) is 24.6 Å². The number of methoxy groups -OCH3 is 1. The zero-order chi connectivity index (χ0) is 18.6. The van der Waals surface area contributed by atoms with Gasteiger partial charge < -0.3 is 9.64 Å². The molecule has 1 saturated heterocycles. The Morgan fingerprint density at radius 1 is 1.33 bits per heavy atom. The molecular formula is C20H21N3O2S2. The summed E-state index contributed by atoms with van der Waals surface area (Å²) in [6.45, 7) is 0.842. The Hall–Kier alpha value is -2.25. The molecule has 5 nitrogen and oxygen atoms in total. The molecule has 0 radical (unpaired) electrons. The molecule has 140 valence electrons. The van der Waals surface area contributed by atoms with E-state index in [9.17, 15) is 4.79 Å². The van der Waals surface area contributed by atoms with E-state index in [0.29, 0.717) is 5.75 Å². The molecule has 0 aliphatic carbocycles. The van der Waals surface area contributed by atoms with Gasteiger partial charge >= 0.3 is 0 Å². The molecule has 0 spiro atoms. The molecule has 7 heteroatoms. The lowest BCUT2D eigenvalue weighted by Gasteiger charge is -2.23. The summed E-state index contributed by atoms with van der Waals surface area (Å²) in [5, 5.41) is 2.90. The molecule has 0 saturated carbocycles. The second-order valence-corrected chi connectivity index (χ2v) is 8.25. The number of carbonyl (C=O) groups excluding carboxylic acids is 1. The van der Waals surface area contributed by atoms with Crippen LogP contribution < -0.4 is 4.74 Å². The minimum atomic E-state index is 0.181. The van der Waals surface area contributed by atoms with Crippen molar-refractivity contribution in [2.24, 2.45) is 0 Å². The van der Waals surface area contributed by atoms with Crippen LogP contribution in [-0.2, 0) is 4.79 Å². The highest BCUT2D eigenvalue weighted by Gasteiger charge is 2.30. The van der Waals surface area contributed by atoms with E-state index in [0.717, 1.165) is 36.0 Å². The summed E-state index contributed by atoms with van der Waals surface area (Å²) in [7, 11) is 1.65. The lowest BCUT2D eigenvalue weighted by Crippen LogP contribution is -2.31. The number of rotatable bonds is 6. The van der Waals surface area contributed by atoms with Crippen LogP contribution in [0.4, 0.5) is 0 Å². The molecule has 3 heterocycles. The van der Waals surface area contributed by atoms with Gasteiger partial charge in [0.15, 0.2) is 5.16 Å². The topological polar surface area (TPSA) is 47.4 Å². The number of likely N-dealkylation sites (tertiary alicyclic amines) is 1. The molecule has 3 aromatic rings. The Bertz CT molecular complexity index is 890. The fourth-order valence-corrected chi connectivity index (χ4v) is 5.12. The number of nitrogens with zero attached hydrogens (tertiary/aromatic N) is 3. The van der Waals surface area contributed by atoms with Crippen LogP contribution in [-0.4, -0.2) is 39.8 Å². The van der Waals surface area contributed by atoms with Gasteiger partial charge in [-0.1, -0.05) is 17.8 Å². The van der Waals surface area contributed by atoms with Crippen LogP contribution in [0.1, 0.15) is 23.8 Å². The number of hydrogen-bond donors (Lipinski definition) is 0. The van der Waals surface area contributed by atoms with Crippen molar-refractivity contribution in [2.75, 3.05) is 19.4 Å². The first-order chi connectivity index (χ1) is 13.3. The molecule has 1 aliphatic rings. The highest BCUT2D eigenvalue weighted by molar-refractivity contribution is 7.99. The van der Waals surface area contributed by atoms with Crippen molar-refractivity contribution in [1.29, 1.82) is 0 Å². The van der Waals surface area contributed by atoms with Crippen LogP contribution in [0.25, 0.3) is 5.69 Å². The van der Waals surface area contributed by atoms with Crippen molar-refractivity contribution in [3.8, 4) is 11.4 Å². The molecule has 1 unspecified atom stereocenters. The van der Waals surface area contributed by atoms with Crippen molar-refractivity contribution in [2.45, 2.75) is 24.0 Å². The maximum absolute atomic E-state index is 12.8. The second-order valence-electron chi connectivity index (χ2n) is 6.33. The molecule has 1 amide bonds. The van der Waals surface area contributed by atoms with Crippen molar-refractivity contribution >= 4 is 29.0 Å². The normalized spacial score (nSPS) is 16.6. The minimum absolute atomic E-state index is 0.181. The van der Waals surface area contributed by atoms with E-state index in [-0.39, 0.29) is 11.9 Å². The van der Waals surface area contributed by atoms with Crippen molar-refractivity contribution < 1.29 is 9.53 Å². The molecular weight excluding hydrogens is 378 g/mol. The van der Waals surface area contributed by atoms with E-state index in [1.165, 1.54) is 16.6 Å². The third kappa shape index (κ3) is 3.89. The Labute approximate surface area is 167 Å². The van der Waals surface area contributed by atoms with Gasteiger partial charge in [-0.05, 0) is 48.6 Å². The fourth-order valence-electron chi connectivity index (χ4n) is 3.39. The summed E-state index contributed by atoms with van der Waals surface area (Å²) >= 11 is 3.22. The number of carbonyl (C=O) groups is 1. The number of thiophene rings is 1. The number of aromatic nitrogens is 2. The summed E-state index contributed by atoms with van der Waals surface area (Å²) in [4.78, 5) is 20.6. The second kappa shape index (κ2) is 8.19. The van der Waals surface area contributed by atoms with Crippen molar-refractivity contribution in [1.82, 2.24) is 14.5 Å². The number of amides is 1. The standard InChI is InChI=1S/C20H21N3O2S2/c1-25-16-8-6-15(7-9-16)22-12-10-21-20(22)27-14-19(24)23-11-2-4-17(23)18-5-3-13-26-18/h3,5-10,12-13,17H,2,4,11,14H2,1H3. The fraction of sp³-hybridized carbons (Fsp3) is 0.300. The first-order valence-corrected chi connectivity index (χ1v) is 10.8. The van der Waals surface area contributed by atoms with Crippen molar-refractivity contribution in [3.63, 3.8) is 0 Å². The Balaban J connectivity index is 1.43. The van der Waals surface area contributed by atoms with Gasteiger partial charge in [0.2, 0.25) is 5.91 Å². The van der Waals surface area contributed by atoms with Crippen LogP contribution in [0.3, 0.4) is 0 Å². The average Bonchev–Trinajstić information content (AvgIpc) is 3.47. The largest absolute Gasteiger partial charge is 0.497 e. The molecule has 0 bridgehead atoms. The number of thioether (sulfide) groups is 1. The zero-order valence-corrected chi connectivity index (χ0v) is 16.7. The average molecular weight is 400 g/mol. The number of ether oxygens (including phenoxy) is 1. The monoisotopic (exact) mass is 399 g/mol. The summed E-state index contributed by atoms with van der Waals surface area (Å²) < 4.78 is 7.21. The summed E-state index contributed by atoms with van der Waals surface area (Å²) in [6.07, 6.45) is 5.80. The van der Waals surface area contributed by atoms with Crippen LogP contribution in [0.15, 0.2) is 59.3 Å². The lowest BCUT2D eigenvalue weighted by molar-refractivity contribution is -0.129. The Kier molecular flexibility index (Phi) is 5.50. The maximum Gasteiger partial charge on any atom is 0.233 e. The van der Waals surface area contributed by atoms with E-state index >= 15 is 0 Å². The van der Waals surface area contributed by atoms with Gasteiger partial charge in [-0.25, -0.2) is 4.98 Å². The predicted octanol–water partition coefficient (Wildman–Crippen LogP) is 4.40. The number of imidazole rings is 1. The number of hydrogen-bond acceptors (Lipinski definition) is 5. The van der Waals surface area contributed by atoms with Crippen LogP contribution in [0.5, 0.6) is 5.75 Å². The molecule has 4 rings (SSSR count). The van der Waals surface area contributed by atoms with Crippen LogP contribution in [0.2, 0.25) is 0 Å². The molecule has 2 aromatic heterocycles. The van der Waals surface area contributed by atoms with Gasteiger partial charge in [-0.3, -0.25) is 9.36 Å². The third-order valence-corrected chi connectivity index (χ3v) is 6.65. The predicted molar refractivity (Wildman–Crippen MR) is 109 cm³/mol. The number of benzene rings is 1. The summed E-state index contributed by atoms with van der Waals surface area (Å²) in [5.41, 5.74) is 1.00. The van der Waals surface area contributed by atoms with Gasteiger partial charge in [0.1, 0.15) is 5.75 Å². The Morgan fingerprint density at radius 2 is 2.19 bits per heavy atom. The van der Waals surface area contributed by atoms with Gasteiger partial charge in [0.25, 0.3) is 0 Å².